The fourth-order valence-corrected chi connectivity index (χ4v) is 2.84. The van der Waals surface area contributed by atoms with Gasteiger partial charge in [-0.05, 0) is 18.6 Å². The van der Waals surface area contributed by atoms with Crippen LogP contribution in [0.4, 0.5) is 0 Å². The largest absolute Gasteiger partial charge is 0.475 e. The van der Waals surface area contributed by atoms with Gasteiger partial charge in [0.1, 0.15) is 17.9 Å². The van der Waals surface area contributed by atoms with Crippen molar-refractivity contribution in [2.45, 2.75) is 30.7 Å². The fourth-order valence-electron chi connectivity index (χ4n) is 1.64. The van der Waals surface area contributed by atoms with Crippen molar-refractivity contribution in [2.24, 2.45) is 0 Å². The van der Waals surface area contributed by atoms with E-state index >= 15 is 0 Å². The van der Waals surface area contributed by atoms with Crippen LogP contribution in [0.2, 0.25) is 0 Å². The standard InChI is InChI=1S/C11H13N3O5S/c1-2-5-14-9(12-7-13-14)6-20(17,18)10-4-3-8(19-10)11(15)16/h3-4,7H,2,5-6H2,1H3,(H,15,16). The van der Waals surface area contributed by atoms with Crippen molar-refractivity contribution in [3.05, 3.63) is 30.0 Å². The van der Waals surface area contributed by atoms with E-state index in [0.717, 1.165) is 18.6 Å². The summed E-state index contributed by atoms with van der Waals surface area (Å²) in [6.07, 6.45) is 2.08. The molecule has 0 spiro atoms. The first-order valence-corrected chi connectivity index (χ1v) is 7.52. The van der Waals surface area contributed by atoms with E-state index in [2.05, 4.69) is 10.1 Å². The maximum absolute atomic E-state index is 12.1. The molecule has 0 saturated carbocycles. The Hall–Kier alpha value is -2.16. The molecule has 2 rings (SSSR count). The first-order valence-electron chi connectivity index (χ1n) is 5.86. The summed E-state index contributed by atoms with van der Waals surface area (Å²) in [4.78, 5) is 14.6. The number of carbonyl (C=O) groups is 1. The minimum absolute atomic E-state index is 0.292. The number of rotatable bonds is 6. The molecule has 9 heteroatoms. The van der Waals surface area contributed by atoms with Crippen LogP contribution in [0.25, 0.3) is 0 Å². The summed E-state index contributed by atoms with van der Waals surface area (Å²) in [5.41, 5.74) is 0. The van der Waals surface area contributed by atoms with E-state index in [4.69, 9.17) is 9.52 Å². The average molecular weight is 299 g/mol. The molecule has 0 atom stereocenters. The Bertz CT molecular complexity index is 716. The molecular formula is C11H13N3O5S. The molecule has 0 amide bonds. The van der Waals surface area contributed by atoms with Crippen LogP contribution in [0.1, 0.15) is 29.7 Å². The zero-order valence-corrected chi connectivity index (χ0v) is 11.5. The number of carboxylic acid groups (broad SMARTS) is 1. The van der Waals surface area contributed by atoms with Crippen LogP contribution >= 0.6 is 0 Å². The molecule has 0 radical (unpaired) electrons. The number of nitrogens with zero attached hydrogens (tertiary/aromatic N) is 3. The number of hydrogen-bond donors (Lipinski definition) is 1. The lowest BCUT2D eigenvalue weighted by atomic mass is 10.5. The van der Waals surface area contributed by atoms with Gasteiger partial charge in [-0.3, -0.25) is 0 Å². The molecule has 0 aliphatic rings. The van der Waals surface area contributed by atoms with Gasteiger partial charge < -0.3 is 9.52 Å². The zero-order valence-electron chi connectivity index (χ0n) is 10.7. The molecule has 0 aromatic carbocycles. The lowest BCUT2D eigenvalue weighted by molar-refractivity contribution is 0.0656. The third-order valence-electron chi connectivity index (χ3n) is 2.55. The average Bonchev–Trinajstić information content (AvgIpc) is 2.99. The lowest BCUT2D eigenvalue weighted by Crippen LogP contribution is -2.11. The van der Waals surface area contributed by atoms with Gasteiger partial charge in [-0.15, -0.1) is 0 Å². The van der Waals surface area contributed by atoms with E-state index in [1.165, 1.54) is 11.0 Å². The monoisotopic (exact) mass is 299 g/mol. The predicted octanol–water partition coefficient (Wildman–Crippen LogP) is 0.953. The van der Waals surface area contributed by atoms with E-state index < -0.39 is 21.6 Å². The minimum Gasteiger partial charge on any atom is -0.475 e. The van der Waals surface area contributed by atoms with E-state index in [1.54, 1.807) is 0 Å². The smallest absolute Gasteiger partial charge is 0.371 e. The summed E-state index contributed by atoms with van der Waals surface area (Å²) in [5, 5.41) is 12.3. The number of aryl methyl sites for hydroxylation is 1. The lowest BCUT2D eigenvalue weighted by Gasteiger charge is -2.04. The molecule has 8 nitrogen and oxygen atoms in total. The molecule has 20 heavy (non-hydrogen) atoms. The van der Waals surface area contributed by atoms with Crippen LogP contribution in [-0.2, 0) is 22.1 Å². The quantitative estimate of drug-likeness (QED) is 0.844. The minimum atomic E-state index is -3.79. The van der Waals surface area contributed by atoms with Crippen LogP contribution in [0.3, 0.4) is 0 Å². The van der Waals surface area contributed by atoms with Crippen molar-refractivity contribution in [3.63, 3.8) is 0 Å². The van der Waals surface area contributed by atoms with Gasteiger partial charge in [-0.2, -0.15) is 5.10 Å². The van der Waals surface area contributed by atoms with Crippen molar-refractivity contribution >= 4 is 15.8 Å². The van der Waals surface area contributed by atoms with Gasteiger partial charge in [-0.1, -0.05) is 6.92 Å². The van der Waals surface area contributed by atoms with Crippen molar-refractivity contribution in [1.82, 2.24) is 14.8 Å². The first kappa shape index (κ1) is 14.3. The topological polar surface area (TPSA) is 115 Å². The number of aromatic carboxylic acids is 1. The summed E-state index contributed by atoms with van der Waals surface area (Å²) < 4.78 is 30.6. The van der Waals surface area contributed by atoms with Crippen molar-refractivity contribution in [3.8, 4) is 0 Å². The molecule has 0 bridgehead atoms. The second-order valence-corrected chi connectivity index (χ2v) is 6.00. The normalized spacial score (nSPS) is 11.7. The van der Waals surface area contributed by atoms with Crippen LogP contribution in [-0.4, -0.2) is 34.3 Å². The Labute approximate surface area is 115 Å². The van der Waals surface area contributed by atoms with Crippen molar-refractivity contribution in [2.75, 3.05) is 0 Å². The molecular weight excluding hydrogens is 286 g/mol. The second-order valence-electron chi connectivity index (χ2n) is 4.08. The zero-order chi connectivity index (χ0) is 14.8. The molecule has 0 unspecified atom stereocenters. The van der Waals surface area contributed by atoms with Crippen molar-refractivity contribution in [1.29, 1.82) is 0 Å². The molecule has 2 heterocycles. The van der Waals surface area contributed by atoms with Gasteiger partial charge in [0.15, 0.2) is 0 Å². The van der Waals surface area contributed by atoms with Gasteiger partial charge >= 0.3 is 5.97 Å². The summed E-state index contributed by atoms with van der Waals surface area (Å²) in [7, 11) is -3.79. The second kappa shape index (κ2) is 5.45. The van der Waals surface area contributed by atoms with Crippen LogP contribution in [0.15, 0.2) is 28.0 Å². The Kier molecular flexibility index (Phi) is 3.89. The van der Waals surface area contributed by atoms with Crippen LogP contribution in [0.5, 0.6) is 0 Å². The Morgan fingerprint density at radius 1 is 1.45 bits per heavy atom. The fraction of sp³-hybridized carbons (Fsp3) is 0.364. The van der Waals surface area contributed by atoms with Crippen molar-refractivity contribution < 1.29 is 22.7 Å². The van der Waals surface area contributed by atoms with E-state index in [1.807, 2.05) is 6.92 Å². The summed E-state index contributed by atoms with van der Waals surface area (Å²) >= 11 is 0. The van der Waals surface area contributed by atoms with E-state index in [9.17, 15) is 13.2 Å². The Balaban J connectivity index is 2.26. The summed E-state index contributed by atoms with van der Waals surface area (Å²) in [6, 6.07) is 2.23. The van der Waals surface area contributed by atoms with Crippen LogP contribution < -0.4 is 0 Å². The highest BCUT2D eigenvalue weighted by Gasteiger charge is 2.24. The molecule has 2 aromatic heterocycles. The van der Waals surface area contributed by atoms with E-state index in [-0.39, 0.29) is 10.8 Å². The highest BCUT2D eigenvalue weighted by Crippen LogP contribution is 2.18. The van der Waals surface area contributed by atoms with Crippen LogP contribution in [0, 0.1) is 0 Å². The van der Waals surface area contributed by atoms with Gasteiger partial charge in [-0.25, -0.2) is 22.9 Å². The Morgan fingerprint density at radius 2 is 2.20 bits per heavy atom. The molecule has 0 aliphatic heterocycles. The summed E-state index contributed by atoms with van der Waals surface area (Å²) in [5.74, 6) is -1.83. The van der Waals surface area contributed by atoms with Gasteiger partial charge in [0.25, 0.3) is 0 Å². The maximum Gasteiger partial charge on any atom is 0.371 e. The number of carboxylic acids is 1. The summed E-state index contributed by atoms with van der Waals surface area (Å²) in [6.45, 7) is 2.50. The molecule has 2 aromatic rings. The van der Waals surface area contributed by atoms with Gasteiger partial charge in [0.05, 0.1) is 0 Å². The van der Waals surface area contributed by atoms with Gasteiger partial charge in [0.2, 0.25) is 20.7 Å². The predicted molar refractivity (Wildman–Crippen MR) is 66.9 cm³/mol. The Morgan fingerprint density at radius 3 is 2.80 bits per heavy atom. The number of aromatic nitrogens is 3. The molecule has 0 saturated heterocycles. The highest BCUT2D eigenvalue weighted by molar-refractivity contribution is 7.90. The third kappa shape index (κ3) is 2.87. The SMILES string of the molecule is CCCn1ncnc1CS(=O)(=O)c1ccc(C(=O)O)o1. The molecule has 108 valence electrons. The molecule has 1 N–H and O–H groups in total. The number of hydrogen-bond acceptors (Lipinski definition) is 6. The van der Waals surface area contributed by atoms with Gasteiger partial charge in [0, 0.05) is 6.54 Å². The maximum atomic E-state index is 12.1. The number of sulfone groups is 1. The molecule has 0 aliphatic carbocycles. The first-order chi connectivity index (χ1) is 9.44. The molecule has 0 fully saturated rings. The number of furan rings is 1. The van der Waals surface area contributed by atoms with E-state index in [0.29, 0.717) is 12.4 Å². The highest BCUT2D eigenvalue weighted by atomic mass is 32.2. The third-order valence-corrected chi connectivity index (χ3v) is 4.02.